The Hall–Kier alpha value is -2.22. The number of ether oxygens (including phenoxy) is 1. The Labute approximate surface area is 202 Å². The van der Waals surface area contributed by atoms with E-state index in [9.17, 15) is 14.4 Å². The first-order valence-corrected chi connectivity index (χ1v) is 13.0. The van der Waals surface area contributed by atoms with Gasteiger partial charge < -0.3 is 20.3 Å². The van der Waals surface area contributed by atoms with Crippen molar-refractivity contribution in [1.82, 2.24) is 15.5 Å². The van der Waals surface area contributed by atoms with Crippen LogP contribution in [0.2, 0.25) is 0 Å². The molecule has 33 heavy (non-hydrogen) atoms. The van der Waals surface area contributed by atoms with E-state index in [1.165, 1.54) is 0 Å². The summed E-state index contributed by atoms with van der Waals surface area (Å²) in [6, 6.07) is 6.04. The van der Waals surface area contributed by atoms with Crippen molar-refractivity contribution in [3.8, 4) is 0 Å². The molecule has 1 aliphatic rings. The summed E-state index contributed by atoms with van der Waals surface area (Å²) in [4.78, 5) is 41.5. The SMILES string of the molecule is CSCCC(NC(=O)OC(C)(C)C)C(=O)N(C1CC1)C(C(=O)NC(C)C)c1ccccc1C. The van der Waals surface area contributed by atoms with Crippen LogP contribution in [0.1, 0.15) is 71.0 Å². The van der Waals surface area contributed by atoms with Gasteiger partial charge in [-0.25, -0.2) is 4.79 Å². The van der Waals surface area contributed by atoms with Crippen LogP contribution < -0.4 is 10.6 Å². The van der Waals surface area contributed by atoms with Crippen LogP contribution in [0.25, 0.3) is 0 Å². The van der Waals surface area contributed by atoms with Crippen LogP contribution in [0.5, 0.6) is 0 Å². The molecule has 184 valence electrons. The Bertz CT molecular complexity index is 833. The molecular weight excluding hydrogens is 438 g/mol. The van der Waals surface area contributed by atoms with Crippen LogP contribution in [0.15, 0.2) is 24.3 Å². The third-order valence-electron chi connectivity index (χ3n) is 5.23. The van der Waals surface area contributed by atoms with Gasteiger partial charge in [-0.15, -0.1) is 0 Å². The highest BCUT2D eigenvalue weighted by Crippen LogP contribution is 2.36. The molecule has 0 bridgehead atoms. The Balaban J connectivity index is 2.42. The molecule has 2 atom stereocenters. The molecule has 7 nitrogen and oxygen atoms in total. The highest BCUT2D eigenvalue weighted by Gasteiger charge is 2.44. The zero-order chi connectivity index (χ0) is 24.8. The van der Waals surface area contributed by atoms with Crippen molar-refractivity contribution in [2.24, 2.45) is 0 Å². The van der Waals surface area contributed by atoms with E-state index in [1.54, 1.807) is 37.4 Å². The zero-order valence-corrected chi connectivity index (χ0v) is 21.8. The van der Waals surface area contributed by atoms with E-state index in [0.29, 0.717) is 12.2 Å². The number of alkyl carbamates (subject to hydrolysis) is 1. The number of amides is 3. The molecule has 0 radical (unpaired) electrons. The standard InChI is InChI=1S/C25H39N3O4S/c1-16(2)26-22(29)21(19-11-9-8-10-17(19)3)28(18-12-13-18)23(30)20(14-15-33-7)27-24(31)32-25(4,5)6/h8-11,16,18,20-21H,12-15H2,1-7H3,(H,26,29)(H,27,31). The van der Waals surface area contributed by atoms with E-state index >= 15 is 0 Å². The van der Waals surface area contributed by atoms with Gasteiger partial charge in [-0.2, -0.15) is 11.8 Å². The lowest BCUT2D eigenvalue weighted by atomic mass is 9.97. The maximum Gasteiger partial charge on any atom is 0.408 e. The Morgan fingerprint density at radius 3 is 2.30 bits per heavy atom. The van der Waals surface area contributed by atoms with Gasteiger partial charge in [-0.3, -0.25) is 9.59 Å². The highest BCUT2D eigenvalue weighted by atomic mass is 32.2. The van der Waals surface area contributed by atoms with Gasteiger partial charge in [0, 0.05) is 12.1 Å². The molecule has 1 aromatic carbocycles. The monoisotopic (exact) mass is 477 g/mol. The molecule has 8 heteroatoms. The summed E-state index contributed by atoms with van der Waals surface area (Å²) in [5.41, 5.74) is 1.08. The smallest absolute Gasteiger partial charge is 0.408 e. The third kappa shape index (κ3) is 8.25. The minimum Gasteiger partial charge on any atom is -0.444 e. The molecule has 1 aromatic rings. The fourth-order valence-electron chi connectivity index (χ4n) is 3.67. The second-order valence-corrected chi connectivity index (χ2v) is 10.9. The number of carbonyl (C=O) groups excluding carboxylic acids is 3. The maximum atomic E-state index is 13.9. The summed E-state index contributed by atoms with van der Waals surface area (Å²) in [6.45, 7) is 11.1. The first-order valence-electron chi connectivity index (χ1n) is 11.6. The molecule has 1 fully saturated rings. The lowest BCUT2D eigenvalue weighted by Gasteiger charge is -2.35. The number of carbonyl (C=O) groups is 3. The van der Waals surface area contributed by atoms with Gasteiger partial charge >= 0.3 is 6.09 Å². The summed E-state index contributed by atoms with van der Waals surface area (Å²) in [5, 5.41) is 5.77. The second-order valence-electron chi connectivity index (χ2n) is 9.88. The molecule has 1 saturated carbocycles. The van der Waals surface area contributed by atoms with Crippen LogP contribution >= 0.6 is 11.8 Å². The summed E-state index contributed by atoms with van der Waals surface area (Å²) in [6.07, 6.45) is 3.46. The van der Waals surface area contributed by atoms with Crippen molar-refractivity contribution in [2.45, 2.75) is 90.6 Å². The number of rotatable bonds is 10. The number of aryl methyl sites for hydroxylation is 1. The lowest BCUT2D eigenvalue weighted by molar-refractivity contribution is -0.143. The van der Waals surface area contributed by atoms with Crippen LogP contribution in [0, 0.1) is 6.92 Å². The molecule has 2 unspecified atom stereocenters. The largest absolute Gasteiger partial charge is 0.444 e. The molecule has 3 amide bonds. The van der Waals surface area contributed by atoms with Crippen LogP contribution in [-0.2, 0) is 14.3 Å². The van der Waals surface area contributed by atoms with E-state index in [1.807, 2.05) is 51.3 Å². The Morgan fingerprint density at radius 2 is 1.79 bits per heavy atom. The van der Waals surface area contributed by atoms with Gasteiger partial charge in [0.05, 0.1) is 0 Å². The van der Waals surface area contributed by atoms with Crippen molar-refractivity contribution in [1.29, 1.82) is 0 Å². The van der Waals surface area contributed by atoms with Crippen molar-refractivity contribution in [2.75, 3.05) is 12.0 Å². The van der Waals surface area contributed by atoms with Crippen molar-refractivity contribution in [3.05, 3.63) is 35.4 Å². The fraction of sp³-hybridized carbons (Fsp3) is 0.640. The Morgan fingerprint density at radius 1 is 1.15 bits per heavy atom. The average Bonchev–Trinajstić information content (AvgIpc) is 3.52. The molecule has 0 spiro atoms. The molecule has 2 N–H and O–H groups in total. The van der Waals surface area contributed by atoms with Crippen molar-refractivity contribution >= 4 is 29.7 Å². The van der Waals surface area contributed by atoms with Gasteiger partial charge in [0.2, 0.25) is 11.8 Å². The van der Waals surface area contributed by atoms with Gasteiger partial charge in [-0.05, 0) is 83.9 Å². The van der Waals surface area contributed by atoms with E-state index in [-0.39, 0.29) is 23.9 Å². The average molecular weight is 478 g/mol. The maximum absolute atomic E-state index is 13.9. The highest BCUT2D eigenvalue weighted by molar-refractivity contribution is 7.98. The molecule has 1 aliphatic carbocycles. The topological polar surface area (TPSA) is 87.7 Å². The lowest BCUT2D eigenvalue weighted by Crippen LogP contribution is -2.54. The van der Waals surface area contributed by atoms with Gasteiger partial charge in [0.25, 0.3) is 0 Å². The van der Waals surface area contributed by atoms with Gasteiger partial charge in [0.15, 0.2) is 0 Å². The van der Waals surface area contributed by atoms with Crippen LogP contribution in [0.3, 0.4) is 0 Å². The van der Waals surface area contributed by atoms with E-state index in [0.717, 1.165) is 24.0 Å². The first-order chi connectivity index (χ1) is 15.4. The number of benzene rings is 1. The molecule has 0 aliphatic heterocycles. The predicted octanol–water partition coefficient (Wildman–Crippen LogP) is 4.20. The molecular formula is C25H39N3O4S. The first kappa shape index (κ1) is 27.0. The fourth-order valence-corrected chi connectivity index (χ4v) is 4.14. The van der Waals surface area contributed by atoms with E-state index in [2.05, 4.69) is 10.6 Å². The molecule has 0 aromatic heterocycles. The molecule has 0 saturated heterocycles. The summed E-state index contributed by atoms with van der Waals surface area (Å²) >= 11 is 1.60. The normalized spacial score (nSPS) is 15.5. The second kappa shape index (κ2) is 11.8. The number of nitrogens with one attached hydrogen (secondary N) is 2. The van der Waals surface area contributed by atoms with E-state index < -0.39 is 23.8 Å². The van der Waals surface area contributed by atoms with Crippen molar-refractivity contribution in [3.63, 3.8) is 0 Å². The number of hydrogen-bond donors (Lipinski definition) is 2. The summed E-state index contributed by atoms with van der Waals surface area (Å²) < 4.78 is 5.41. The molecule has 0 heterocycles. The van der Waals surface area contributed by atoms with Crippen molar-refractivity contribution < 1.29 is 19.1 Å². The third-order valence-corrected chi connectivity index (χ3v) is 5.88. The summed E-state index contributed by atoms with van der Waals surface area (Å²) in [7, 11) is 0. The Kier molecular flexibility index (Phi) is 9.64. The number of hydrogen-bond acceptors (Lipinski definition) is 5. The zero-order valence-electron chi connectivity index (χ0n) is 20.9. The predicted molar refractivity (Wildman–Crippen MR) is 133 cm³/mol. The van der Waals surface area contributed by atoms with Crippen LogP contribution in [0.4, 0.5) is 4.79 Å². The number of nitrogens with zero attached hydrogens (tertiary/aromatic N) is 1. The van der Waals surface area contributed by atoms with E-state index in [4.69, 9.17) is 4.74 Å². The summed E-state index contributed by atoms with van der Waals surface area (Å²) in [5.74, 6) is 0.239. The minimum absolute atomic E-state index is 0.0303. The minimum atomic E-state index is -0.772. The molecule has 2 rings (SSSR count). The van der Waals surface area contributed by atoms with Crippen LogP contribution in [-0.4, -0.2) is 58.5 Å². The quantitative estimate of drug-likeness (QED) is 0.527. The van der Waals surface area contributed by atoms with Gasteiger partial charge in [-0.1, -0.05) is 24.3 Å². The van der Waals surface area contributed by atoms with Gasteiger partial charge in [0.1, 0.15) is 17.7 Å². The number of thioether (sulfide) groups is 1.